The van der Waals surface area contributed by atoms with E-state index >= 15 is 0 Å². The standard InChI is InChI=1S/C41H43B2/c1-24-18-27(4)37(28(5)19-24)42-34-16-12-10-14-32(34)36-39(33-15-11-13-17-35(33)42)43(38-29(6)20-25(2)21-30(38)7)40-31(8)22-26(3)23-41(36,40)9/h10-23,36,40H,1-9H3/q-1/t36-,40?,41-/m0/s1. The molecule has 1 unspecified atom stereocenters. The Morgan fingerprint density at radius 3 is 1.88 bits per heavy atom. The maximum absolute atomic E-state index is 2.64. The van der Waals surface area contributed by atoms with Gasteiger partial charge in [0.2, 0.25) is 6.71 Å². The third-order valence-electron chi connectivity index (χ3n) is 11.0. The molecular formula is C41H43B2-. The molecule has 3 aliphatic rings. The highest BCUT2D eigenvalue weighted by molar-refractivity contribution is 6.99. The Hall–Kier alpha value is -3.64. The topological polar surface area (TPSA) is 0 Å². The SMILES string of the molecule is CC1=C[C@]2(C)C([B-](c3c(C)cc(C)cc3C)=C3c4ccccc4B(c4c(C)cc(C)cc4C)c4ccccc4[C@@H]32)C(C)=C1. The van der Waals surface area contributed by atoms with Crippen LogP contribution in [0.25, 0.3) is 0 Å². The van der Waals surface area contributed by atoms with Gasteiger partial charge < -0.3 is 0 Å². The molecule has 0 bridgehead atoms. The zero-order valence-electron chi connectivity index (χ0n) is 27.4. The molecule has 7 rings (SSSR count). The van der Waals surface area contributed by atoms with Gasteiger partial charge in [-0.3, -0.25) is 0 Å². The highest BCUT2D eigenvalue weighted by Gasteiger charge is 2.49. The lowest BCUT2D eigenvalue weighted by atomic mass is 9.33. The smallest absolute Gasteiger partial charge is 0.234 e. The molecule has 0 spiro atoms. The van der Waals surface area contributed by atoms with Crippen LogP contribution >= 0.6 is 0 Å². The van der Waals surface area contributed by atoms with Gasteiger partial charge in [-0.2, -0.15) is 0 Å². The fraction of sp³-hybridized carbons (Fsp3) is 0.293. The quantitative estimate of drug-likeness (QED) is 0.234. The summed E-state index contributed by atoms with van der Waals surface area (Å²) in [5, 5.41) is 0. The molecule has 43 heavy (non-hydrogen) atoms. The number of aryl methyl sites for hydroxylation is 6. The second-order valence-electron chi connectivity index (χ2n) is 14.3. The average molecular weight is 557 g/mol. The van der Waals surface area contributed by atoms with Crippen LogP contribution in [0.3, 0.4) is 0 Å². The molecule has 214 valence electrons. The van der Waals surface area contributed by atoms with E-state index in [1.807, 2.05) is 0 Å². The van der Waals surface area contributed by atoms with Gasteiger partial charge in [-0.25, -0.2) is 10.9 Å². The molecule has 0 aromatic heterocycles. The van der Waals surface area contributed by atoms with Crippen LogP contribution in [0.2, 0.25) is 5.82 Å². The lowest BCUT2D eigenvalue weighted by Crippen LogP contribution is -2.55. The first-order valence-electron chi connectivity index (χ1n) is 16.1. The number of fused-ring (bicyclic) bond motifs is 7. The minimum atomic E-state index is -0.0395. The summed E-state index contributed by atoms with van der Waals surface area (Å²) in [5.41, 5.74) is 21.7. The van der Waals surface area contributed by atoms with Gasteiger partial charge in [0, 0.05) is 0 Å². The number of rotatable bonds is 2. The fourth-order valence-corrected chi connectivity index (χ4v) is 10.1. The molecule has 0 amide bonds. The number of hydrogen-bond donors (Lipinski definition) is 0. The van der Waals surface area contributed by atoms with Crippen LogP contribution in [-0.4, -0.2) is 18.5 Å². The normalized spacial score (nSPS) is 22.3. The van der Waals surface area contributed by atoms with Gasteiger partial charge in [0.1, 0.15) is 0 Å². The van der Waals surface area contributed by atoms with Crippen molar-refractivity contribution in [2.45, 2.75) is 74.0 Å². The second-order valence-corrected chi connectivity index (χ2v) is 14.3. The molecule has 2 heterocycles. The summed E-state index contributed by atoms with van der Waals surface area (Å²) >= 11 is 0. The summed E-state index contributed by atoms with van der Waals surface area (Å²) in [6.45, 7) is 21.3. The van der Waals surface area contributed by atoms with Gasteiger partial charge in [0.25, 0.3) is 0 Å². The molecule has 1 aliphatic carbocycles. The van der Waals surface area contributed by atoms with Gasteiger partial charge >= 0.3 is 0 Å². The van der Waals surface area contributed by atoms with Gasteiger partial charge in [-0.15, -0.1) is 17.7 Å². The second kappa shape index (κ2) is 9.95. The van der Waals surface area contributed by atoms with Crippen LogP contribution < -0.4 is 21.9 Å². The molecule has 2 aliphatic heterocycles. The van der Waals surface area contributed by atoms with E-state index in [2.05, 4.69) is 147 Å². The summed E-state index contributed by atoms with van der Waals surface area (Å²) in [7, 11) is 0. The zero-order chi connectivity index (χ0) is 30.4. The molecule has 0 radical (unpaired) electrons. The van der Waals surface area contributed by atoms with Gasteiger partial charge in [-0.1, -0.05) is 153 Å². The van der Waals surface area contributed by atoms with Crippen LogP contribution in [0.1, 0.15) is 71.2 Å². The monoisotopic (exact) mass is 557 g/mol. The van der Waals surface area contributed by atoms with E-state index in [1.54, 1.807) is 5.46 Å². The van der Waals surface area contributed by atoms with E-state index in [4.69, 9.17) is 0 Å². The van der Waals surface area contributed by atoms with Crippen LogP contribution in [0, 0.1) is 47.0 Å². The van der Waals surface area contributed by atoms with E-state index < -0.39 is 0 Å². The maximum Gasteiger partial charge on any atom is 0.242 e. The van der Waals surface area contributed by atoms with Crippen molar-refractivity contribution in [2.24, 2.45) is 5.41 Å². The minimum Gasteiger partial charge on any atom is -0.234 e. The zero-order valence-corrected chi connectivity index (χ0v) is 27.4. The fourth-order valence-electron chi connectivity index (χ4n) is 10.1. The lowest BCUT2D eigenvalue weighted by molar-refractivity contribution is 0.398. The Morgan fingerprint density at radius 1 is 0.674 bits per heavy atom. The van der Waals surface area contributed by atoms with Crippen LogP contribution in [0.15, 0.2) is 96.1 Å². The third kappa shape index (κ3) is 4.09. The molecule has 2 heteroatoms. The maximum atomic E-state index is 2.64. The van der Waals surface area contributed by atoms with E-state index in [9.17, 15) is 0 Å². The van der Waals surface area contributed by atoms with Crippen molar-refractivity contribution in [3.8, 4) is 0 Å². The van der Waals surface area contributed by atoms with Crippen molar-refractivity contribution in [1.29, 1.82) is 0 Å². The van der Waals surface area contributed by atoms with Crippen molar-refractivity contribution in [1.82, 2.24) is 0 Å². The predicted molar refractivity (Wildman–Crippen MR) is 190 cm³/mol. The Kier molecular flexibility index (Phi) is 6.51. The van der Waals surface area contributed by atoms with Gasteiger partial charge in [0.05, 0.1) is 0 Å². The summed E-state index contributed by atoms with van der Waals surface area (Å²) in [6, 6.07) is 28.5. The van der Waals surface area contributed by atoms with E-state index in [1.165, 1.54) is 77.5 Å². The Morgan fingerprint density at radius 2 is 1.23 bits per heavy atom. The first-order chi connectivity index (χ1) is 20.5. The molecule has 4 aromatic rings. The van der Waals surface area contributed by atoms with Crippen molar-refractivity contribution in [3.05, 3.63) is 141 Å². The summed E-state index contributed by atoms with van der Waals surface area (Å²) in [5.74, 6) is 0.687. The number of hydrogen-bond acceptors (Lipinski definition) is 0. The van der Waals surface area contributed by atoms with E-state index in [-0.39, 0.29) is 18.0 Å². The third-order valence-corrected chi connectivity index (χ3v) is 11.0. The molecule has 3 atom stereocenters. The first kappa shape index (κ1) is 28.1. The number of allylic oxidation sites excluding steroid dienone is 4. The van der Waals surface area contributed by atoms with Crippen LogP contribution in [-0.2, 0) is 0 Å². The Bertz CT molecular complexity index is 1890. The van der Waals surface area contributed by atoms with Crippen LogP contribution in [0.4, 0.5) is 0 Å². The van der Waals surface area contributed by atoms with Crippen molar-refractivity contribution < 1.29 is 0 Å². The molecule has 0 saturated carbocycles. The summed E-state index contributed by atoms with van der Waals surface area (Å²) in [6.07, 6.45) is 5.41. The molecule has 4 aromatic carbocycles. The highest BCUT2D eigenvalue weighted by atomic mass is 14.5. The molecule has 0 nitrogen and oxygen atoms in total. The minimum absolute atomic E-state index is 0.0395. The van der Waals surface area contributed by atoms with Crippen molar-refractivity contribution in [3.63, 3.8) is 0 Å². The van der Waals surface area contributed by atoms with Gasteiger partial charge in [-0.05, 0) is 72.3 Å². The predicted octanol–water partition coefficient (Wildman–Crippen LogP) is 6.95. The summed E-state index contributed by atoms with van der Waals surface area (Å²) in [4.78, 5) is 0. The van der Waals surface area contributed by atoms with Crippen molar-refractivity contribution in [2.75, 3.05) is 0 Å². The first-order valence-corrected chi connectivity index (χ1v) is 16.1. The van der Waals surface area contributed by atoms with Gasteiger partial charge in [0.15, 0.2) is 0 Å². The molecule has 0 N–H and O–H groups in total. The van der Waals surface area contributed by atoms with E-state index in [0.29, 0.717) is 12.2 Å². The average Bonchev–Trinajstić information content (AvgIpc) is 3.10. The summed E-state index contributed by atoms with van der Waals surface area (Å²) < 4.78 is 0. The van der Waals surface area contributed by atoms with E-state index in [0.717, 1.165) is 0 Å². The number of benzene rings is 4. The van der Waals surface area contributed by atoms with Crippen LogP contribution in [0.5, 0.6) is 0 Å². The largest absolute Gasteiger partial charge is 0.242 e. The lowest BCUT2D eigenvalue weighted by Gasteiger charge is -2.47. The Labute approximate surface area is 259 Å². The highest BCUT2D eigenvalue weighted by Crippen LogP contribution is 2.58. The molecule has 0 saturated heterocycles. The molecular weight excluding hydrogens is 514 g/mol. The van der Waals surface area contributed by atoms with Crippen molar-refractivity contribution >= 4 is 40.4 Å². The Balaban J connectivity index is 1.68. The molecule has 0 fully saturated rings.